The molecule has 0 amide bonds. The van der Waals surface area contributed by atoms with Crippen molar-refractivity contribution in [3.05, 3.63) is 42.0 Å². The van der Waals surface area contributed by atoms with Gasteiger partial charge in [-0.3, -0.25) is 4.79 Å². The molecule has 0 N–H and O–H groups in total. The van der Waals surface area contributed by atoms with Crippen molar-refractivity contribution < 1.29 is 13.2 Å². The Bertz CT molecular complexity index is 845. The molecule has 1 aromatic carbocycles. The molecule has 156 valence electrons. The van der Waals surface area contributed by atoms with Crippen LogP contribution in [0, 0.1) is 18.3 Å². The van der Waals surface area contributed by atoms with Gasteiger partial charge in [-0.15, -0.1) is 0 Å². The summed E-state index contributed by atoms with van der Waals surface area (Å²) in [5, 5.41) is 0. The van der Waals surface area contributed by atoms with Gasteiger partial charge in [0, 0.05) is 26.0 Å². The first-order valence-corrected chi connectivity index (χ1v) is 15.1. The second-order valence-corrected chi connectivity index (χ2v) is 17.6. The summed E-state index contributed by atoms with van der Waals surface area (Å²) in [6, 6.07) is 7.09. The molecule has 2 atom stereocenters. The zero-order valence-corrected chi connectivity index (χ0v) is 20.2. The number of nitrogens with zero attached hydrogens (tertiary/aromatic N) is 1. The molecule has 0 spiro atoms. The van der Waals surface area contributed by atoms with Gasteiger partial charge in [0.25, 0.3) is 0 Å². The number of sulfonamides is 1. The Morgan fingerprint density at radius 2 is 1.71 bits per heavy atom. The van der Waals surface area contributed by atoms with Crippen molar-refractivity contribution in [2.45, 2.75) is 70.7 Å². The zero-order chi connectivity index (χ0) is 21.5. The number of carbonyl (C=O) groups is 1. The number of ketones is 1. The van der Waals surface area contributed by atoms with E-state index in [4.69, 9.17) is 0 Å². The molecule has 0 saturated carbocycles. The molecule has 1 saturated heterocycles. The van der Waals surface area contributed by atoms with Crippen molar-refractivity contribution in [1.29, 1.82) is 0 Å². The lowest BCUT2D eigenvalue weighted by atomic mass is 9.80. The number of aryl methyl sites for hydroxylation is 1. The minimum atomic E-state index is -3.74. The Morgan fingerprint density at radius 1 is 1.18 bits per heavy atom. The van der Waals surface area contributed by atoms with Gasteiger partial charge in [0.15, 0.2) is 5.78 Å². The Labute approximate surface area is 172 Å². The Morgan fingerprint density at radius 3 is 2.18 bits per heavy atom. The van der Waals surface area contributed by atoms with Gasteiger partial charge < -0.3 is 0 Å². The first-order chi connectivity index (χ1) is 12.6. The highest BCUT2D eigenvalue weighted by atomic mass is 32.2. The molecule has 2 rings (SSSR count). The van der Waals surface area contributed by atoms with Gasteiger partial charge in [-0.05, 0) is 31.5 Å². The topological polar surface area (TPSA) is 54.5 Å². The summed E-state index contributed by atoms with van der Waals surface area (Å²) in [4.78, 5) is 13.6. The molecule has 4 nitrogen and oxygen atoms in total. The molecule has 0 unspecified atom stereocenters. The molecular weight excluding hydrogens is 386 g/mol. The van der Waals surface area contributed by atoms with Crippen LogP contribution in [0.3, 0.4) is 0 Å². The lowest BCUT2D eigenvalue weighted by molar-refractivity contribution is -0.130. The van der Waals surface area contributed by atoms with E-state index in [2.05, 4.69) is 26.2 Å². The molecule has 1 aromatic rings. The van der Waals surface area contributed by atoms with Crippen LogP contribution in [0.1, 0.15) is 32.8 Å². The van der Waals surface area contributed by atoms with Crippen LogP contribution in [-0.4, -0.2) is 39.2 Å². The maximum absolute atomic E-state index is 13.4. The number of hydrogen-bond acceptors (Lipinski definition) is 3. The maximum atomic E-state index is 13.4. The van der Waals surface area contributed by atoms with Gasteiger partial charge in [0.05, 0.1) is 10.9 Å². The molecule has 1 aliphatic heterocycles. The molecular formula is C22H35NO3SSi. The lowest BCUT2D eigenvalue weighted by Crippen LogP contribution is -2.48. The van der Waals surface area contributed by atoms with E-state index in [0.717, 1.165) is 17.2 Å². The van der Waals surface area contributed by atoms with Gasteiger partial charge in [-0.2, -0.15) is 4.31 Å². The van der Waals surface area contributed by atoms with Crippen molar-refractivity contribution >= 4 is 23.9 Å². The molecule has 1 heterocycles. The lowest BCUT2D eigenvalue weighted by Gasteiger charge is -2.33. The van der Waals surface area contributed by atoms with E-state index in [-0.39, 0.29) is 16.6 Å². The van der Waals surface area contributed by atoms with Gasteiger partial charge in [0.1, 0.15) is 0 Å². The number of carbonyl (C=O) groups excluding carboxylic acids is 1. The summed E-state index contributed by atoms with van der Waals surface area (Å²) in [5.41, 5.74) is 1.42. The highest BCUT2D eigenvalue weighted by Gasteiger charge is 2.49. The van der Waals surface area contributed by atoms with Crippen LogP contribution in [0.25, 0.3) is 0 Å². The van der Waals surface area contributed by atoms with Crippen molar-refractivity contribution in [1.82, 2.24) is 4.31 Å². The first kappa shape index (κ1) is 23.0. The SMILES string of the molecule is C=C(C[Si](C)(C)C)[C@@H]1CCN(S(=O)(=O)c2ccc(C)cc2)[C@@H]1C(=O)C(C)(C)C. The monoisotopic (exact) mass is 421 g/mol. The second-order valence-electron chi connectivity index (χ2n) is 10.3. The smallest absolute Gasteiger partial charge is 0.243 e. The summed E-state index contributed by atoms with van der Waals surface area (Å²) in [7, 11) is -5.15. The molecule has 28 heavy (non-hydrogen) atoms. The third kappa shape index (κ3) is 5.02. The van der Waals surface area contributed by atoms with Crippen molar-refractivity contribution in [2.75, 3.05) is 6.54 Å². The summed E-state index contributed by atoms with van der Waals surface area (Å²) in [6.07, 6.45) is 0.654. The van der Waals surface area contributed by atoms with Gasteiger partial charge in [-0.25, -0.2) is 8.42 Å². The molecule has 1 aliphatic rings. The molecule has 0 radical (unpaired) electrons. The van der Waals surface area contributed by atoms with E-state index < -0.39 is 29.6 Å². The van der Waals surface area contributed by atoms with Crippen LogP contribution in [0.5, 0.6) is 0 Å². The van der Waals surface area contributed by atoms with Crippen LogP contribution in [-0.2, 0) is 14.8 Å². The summed E-state index contributed by atoms with van der Waals surface area (Å²) >= 11 is 0. The minimum absolute atomic E-state index is 0.0255. The first-order valence-electron chi connectivity index (χ1n) is 9.95. The second kappa shape index (κ2) is 7.88. The molecule has 0 bridgehead atoms. The van der Waals surface area contributed by atoms with Crippen LogP contribution in [0.15, 0.2) is 41.3 Å². The van der Waals surface area contributed by atoms with E-state index in [1.807, 2.05) is 27.7 Å². The van der Waals surface area contributed by atoms with E-state index in [1.165, 1.54) is 4.31 Å². The molecule has 0 aliphatic carbocycles. The van der Waals surface area contributed by atoms with Crippen LogP contribution < -0.4 is 0 Å². The predicted octanol–water partition coefficient (Wildman–Crippen LogP) is 4.88. The summed E-state index contributed by atoms with van der Waals surface area (Å²) in [6.45, 7) is 19.0. The number of hydrogen-bond donors (Lipinski definition) is 0. The predicted molar refractivity (Wildman–Crippen MR) is 119 cm³/mol. The Hall–Kier alpha value is -1.24. The molecule has 1 fully saturated rings. The van der Waals surface area contributed by atoms with Gasteiger partial charge >= 0.3 is 0 Å². The summed E-state index contributed by atoms with van der Waals surface area (Å²) < 4.78 is 28.2. The number of Topliss-reactive ketones (excluding diaryl/α,β-unsaturated/α-hetero) is 1. The molecule has 0 aromatic heterocycles. The molecule has 6 heteroatoms. The van der Waals surface area contributed by atoms with Crippen LogP contribution in [0.2, 0.25) is 25.7 Å². The van der Waals surface area contributed by atoms with E-state index in [9.17, 15) is 13.2 Å². The standard InChI is InChI=1S/C22H35NO3SSi/c1-16-9-11-18(12-10-16)27(25,26)23-14-13-19(17(2)15-28(6,7)8)20(23)21(24)22(3,4)5/h9-12,19-20H,2,13-15H2,1,3-8H3/t19-,20-/m0/s1. The quantitative estimate of drug-likeness (QED) is 0.486. The third-order valence-electron chi connectivity index (χ3n) is 5.27. The fourth-order valence-electron chi connectivity index (χ4n) is 3.88. The van der Waals surface area contributed by atoms with E-state index in [1.54, 1.807) is 24.3 Å². The average Bonchev–Trinajstić information content (AvgIpc) is 2.97. The Kier molecular flexibility index (Phi) is 6.48. The average molecular weight is 422 g/mol. The minimum Gasteiger partial charge on any atom is -0.297 e. The largest absolute Gasteiger partial charge is 0.297 e. The van der Waals surface area contributed by atoms with Gasteiger partial charge in [0.2, 0.25) is 10.0 Å². The highest BCUT2D eigenvalue weighted by molar-refractivity contribution is 7.89. The third-order valence-corrected chi connectivity index (χ3v) is 8.68. The number of benzene rings is 1. The highest BCUT2D eigenvalue weighted by Crippen LogP contribution is 2.40. The van der Waals surface area contributed by atoms with Crippen molar-refractivity contribution in [2.24, 2.45) is 11.3 Å². The normalized spacial score (nSPS) is 21.7. The zero-order valence-electron chi connectivity index (χ0n) is 18.4. The van der Waals surface area contributed by atoms with Crippen molar-refractivity contribution in [3.63, 3.8) is 0 Å². The summed E-state index contributed by atoms with van der Waals surface area (Å²) in [5.74, 6) is -0.138. The van der Waals surface area contributed by atoms with E-state index >= 15 is 0 Å². The fraction of sp³-hybridized carbons (Fsp3) is 0.591. The fourth-order valence-corrected chi connectivity index (χ4v) is 7.14. The Balaban J connectivity index is 2.47. The van der Waals surface area contributed by atoms with Crippen LogP contribution in [0.4, 0.5) is 0 Å². The van der Waals surface area contributed by atoms with E-state index in [0.29, 0.717) is 13.0 Å². The van der Waals surface area contributed by atoms with Crippen LogP contribution >= 0.6 is 0 Å². The maximum Gasteiger partial charge on any atom is 0.243 e. The van der Waals surface area contributed by atoms with Gasteiger partial charge in [-0.1, -0.05) is 70.3 Å². The number of rotatable bonds is 6. The van der Waals surface area contributed by atoms with Crippen molar-refractivity contribution in [3.8, 4) is 0 Å².